The Morgan fingerprint density at radius 2 is 0.496 bits per heavy atom. The zero-order chi connectivity index (χ0) is 89.5. The molecule has 2 aromatic heterocycles. The Kier molecular flexibility index (Phi) is 17.7. The second-order valence-electron chi connectivity index (χ2n) is 43.4. The highest BCUT2D eigenvalue weighted by atomic mass is 32.1. The molecule has 0 amide bonds. The lowest BCUT2D eigenvalue weighted by molar-refractivity contribution is -0.0399. The Morgan fingerprint density at radius 1 is 0.190 bits per heavy atom. The van der Waals surface area contributed by atoms with E-state index in [1.165, 1.54) is 239 Å². The van der Waals surface area contributed by atoms with Crippen molar-refractivity contribution < 1.29 is 4.42 Å². The largest absolute Gasteiger partial charge is 0.456 e. The van der Waals surface area contributed by atoms with E-state index >= 15 is 0 Å². The number of hydrogen-bond donors (Lipinski definition) is 0. The van der Waals surface area contributed by atoms with Gasteiger partial charge in [0.05, 0.1) is 0 Å². The lowest BCUT2D eigenvalue weighted by atomic mass is 9.43. The second-order valence-corrected chi connectivity index (χ2v) is 44.5. The van der Waals surface area contributed by atoms with Crippen molar-refractivity contribution in [1.82, 2.24) is 0 Å². The molecule has 0 atom stereocenters. The first-order valence-electron chi connectivity index (χ1n) is 51.3. The number of para-hydroxylation sites is 1. The molecule has 12 bridgehead atoms. The molecule has 35 rings (SSSR count). The predicted molar refractivity (Wildman–Crippen MR) is 571 cm³/mol. The summed E-state index contributed by atoms with van der Waals surface area (Å²) in [6.45, 7) is 0. The third kappa shape index (κ3) is 12.0. The number of fused-ring (bicyclic) bond motifs is 18. The summed E-state index contributed by atoms with van der Waals surface area (Å²) in [6, 6.07) is 149. The van der Waals surface area contributed by atoms with Gasteiger partial charge in [-0.3, -0.25) is 0 Å². The minimum absolute atomic E-state index is 0.134. The van der Waals surface area contributed by atoms with Gasteiger partial charge >= 0.3 is 0 Å². The summed E-state index contributed by atoms with van der Waals surface area (Å²) in [5.74, 6) is 10.1. The molecule has 662 valence electrons. The van der Waals surface area contributed by atoms with Gasteiger partial charge in [-0.05, 0) is 411 Å². The molecule has 0 radical (unpaired) electrons. The topological polar surface area (TPSA) is 22.9 Å². The van der Waals surface area contributed by atoms with E-state index in [9.17, 15) is 0 Å². The fraction of sp³-hybridized carbons (Fsp3) is 0.227. The van der Waals surface area contributed by atoms with Gasteiger partial charge in [-0.1, -0.05) is 261 Å². The van der Waals surface area contributed by atoms with E-state index in [-0.39, 0.29) is 16.2 Å². The Bertz CT molecular complexity index is 7930. The molecule has 2 heterocycles. The molecule has 12 saturated carbocycles. The summed E-state index contributed by atoms with van der Waals surface area (Å²) in [4.78, 5) is 7.53. The molecule has 12 fully saturated rings. The fourth-order valence-electron chi connectivity index (χ4n) is 32.3. The second kappa shape index (κ2) is 30.6. The summed E-state index contributed by atoms with van der Waals surface area (Å²) in [6.07, 6.45) is 21.2. The minimum atomic E-state index is 0.134. The van der Waals surface area contributed by atoms with Gasteiger partial charge in [0.15, 0.2) is 0 Å². The van der Waals surface area contributed by atoms with E-state index in [1.807, 2.05) is 11.3 Å². The summed E-state index contributed by atoms with van der Waals surface area (Å²) in [5.41, 5.74) is 34.2. The van der Waals surface area contributed by atoms with Gasteiger partial charge in [-0.15, -0.1) is 11.3 Å². The van der Waals surface area contributed by atoms with Crippen LogP contribution in [-0.4, -0.2) is 0 Å². The van der Waals surface area contributed by atoms with Crippen LogP contribution in [0.1, 0.15) is 130 Å². The maximum absolute atomic E-state index is 6.26. The lowest BCUT2D eigenvalue weighted by Gasteiger charge is -2.61. The maximum Gasteiger partial charge on any atom is 0.135 e. The molecule has 137 heavy (non-hydrogen) atoms. The molecule has 15 aliphatic rings. The number of benzene rings is 18. The highest BCUT2D eigenvalue weighted by molar-refractivity contribution is 7.25. The number of thiophene rings is 1. The van der Waals surface area contributed by atoms with Gasteiger partial charge in [0.2, 0.25) is 0 Å². The van der Waals surface area contributed by atoms with Crippen LogP contribution in [0.5, 0.6) is 0 Å². The fourth-order valence-corrected chi connectivity index (χ4v) is 33.4. The average Bonchev–Trinajstić information content (AvgIpc) is 1.53. The molecular formula is C132H107N3OS. The van der Waals surface area contributed by atoms with Gasteiger partial charge in [0, 0.05) is 98.4 Å². The summed E-state index contributed by atoms with van der Waals surface area (Å²) in [5, 5.41) is 12.6. The lowest BCUT2D eigenvalue weighted by Crippen LogP contribution is -2.55. The Labute approximate surface area is 805 Å². The van der Waals surface area contributed by atoms with Crippen LogP contribution in [0.15, 0.2) is 399 Å². The van der Waals surface area contributed by atoms with Crippen molar-refractivity contribution in [2.45, 2.75) is 113 Å². The molecule has 20 aromatic rings. The van der Waals surface area contributed by atoms with E-state index in [2.05, 4.69) is 409 Å². The van der Waals surface area contributed by atoms with E-state index in [0.29, 0.717) is 0 Å². The van der Waals surface area contributed by atoms with Crippen LogP contribution in [-0.2, 0) is 16.2 Å². The number of anilines is 9. The van der Waals surface area contributed by atoms with E-state index in [4.69, 9.17) is 4.42 Å². The zero-order valence-electron chi connectivity index (χ0n) is 77.2. The third-order valence-corrected chi connectivity index (χ3v) is 38.0. The molecule has 0 unspecified atom stereocenters. The highest BCUT2D eigenvalue weighted by Crippen LogP contribution is 2.74. The normalized spacial score (nSPS) is 25.5. The van der Waals surface area contributed by atoms with Crippen molar-refractivity contribution in [3.8, 4) is 44.5 Å². The standard InChI is InChI=1S/C44H35NO.C44H35NS.C44H37N/c2*1-2-8-30-24-33(14-13-29(30)7-1)45(34-16-18-43-39(25-34)38-10-4-6-12-42(38)46-43)35-15-17-37-36-9-3-5-11-40(36)44(41(37)26-35)31-20-27-19-28(22-31)23-32(44)21-27;1-2-9-31(10-3-1)34-13-8-14-37(26-34)45(38-18-17-32-11-4-5-12-33(32)27-38)39-19-20-41-40-15-6-7-16-42(40)44(43(41)28-39)35-22-29-21-30(24-35)25-36(44)23-29/h2*1-18,24-28,31-32H,19-23H2;1-20,26-30,35-36H,21-25H2. The smallest absolute Gasteiger partial charge is 0.135 e. The van der Waals surface area contributed by atoms with E-state index in [0.717, 1.165) is 98.6 Å². The van der Waals surface area contributed by atoms with Crippen LogP contribution in [0.2, 0.25) is 0 Å². The van der Waals surface area contributed by atoms with E-state index < -0.39 is 0 Å². The van der Waals surface area contributed by atoms with Crippen LogP contribution < -0.4 is 14.7 Å². The quantitative estimate of drug-likeness (QED) is 0.136. The van der Waals surface area contributed by atoms with Crippen molar-refractivity contribution in [1.29, 1.82) is 0 Å². The Balaban J connectivity index is 0.0000000973. The zero-order valence-corrected chi connectivity index (χ0v) is 78.0. The minimum Gasteiger partial charge on any atom is -0.456 e. The van der Waals surface area contributed by atoms with Gasteiger partial charge < -0.3 is 19.1 Å². The molecule has 15 aliphatic carbocycles. The molecule has 4 nitrogen and oxygen atoms in total. The van der Waals surface area contributed by atoms with Crippen LogP contribution in [0.25, 0.3) is 119 Å². The van der Waals surface area contributed by atoms with Gasteiger partial charge in [0.25, 0.3) is 0 Å². The van der Waals surface area contributed by atoms with Crippen LogP contribution in [0, 0.1) is 71.0 Å². The Hall–Kier alpha value is -13.8. The first-order valence-corrected chi connectivity index (χ1v) is 52.1. The Morgan fingerprint density at radius 3 is 0.942 bits per heavy atom. The predicted octanol–water partition coefficient (Wildman–Crippen LogP) is 36.0. The average molecular weight is 1780 g/mol. The van der Waals surface area contributed by atoms with Gasteiger partial charge in [-0.2, -0.15) is 0 Å². The van der Waals surface area contributed by atoms with Crippen molar-refractivity contribution >= 4 is 137 Å². The van der Waals surface area contributed by atoms with Crippen molar-refractivity contribution in [3.63, 3.8) is 0 Å². The molecule has 0 aliphatic heterocycles. The van der Waals surface area contributed by atoms with Crippen LogP contribution in [0.3, 0.4) is 0 Å². The first kappa shape index (κ1) is 79.4. The maximum atomic E-state index is 6.26. The van der Waals surface area contributed by atoms with Crippen molar-refractivity contribution in [2.24, 2.45) is 71.0 Å². The monoisotopic (exact) mass is 1780 g/mol. The van der Waals surface area contributed by atoms with Crippen LogP contribution >= 0.6 is 11.3 Å². The molecule has 3 spiro atoms. The summed E-state index contributed by atoms with van der Waals surface area (Å²) >= 11 is 1.89. The SMILES string of the molecule is c1ccc(-c2cccc(N(c3ccc4c(c3)C3(c5ccccc5-4)C4CC5CC(C4)CC3C5)c3ccc4ccccc4c3)c2)cc1.c1ccc2c(c1)-c1ccc(N(c3ccc4ccccc4c3)c3ccc4oc5ccccc5c4c3)cc1C21C2CC3CC(C2)CC1C3.c1ccc2c(c1)-c1ccc(N(c3ccc4ccccc4c3)c3ccc4sc5ccccc5c4c3)cc1C21C2CC3CC(C2)CC1C3. The van der Waals surface area contributed by atoms with Crippen molar-refractivity contribution in [2.75, 3.05) is 14.7 Å². The number of rotatable bonds is 10. The van der Waals surface area contributed by atoms with Crippen LogP contribution in [0.4, 0.5) is 51.2 Å². The third-order valence-electron chi connectivity index (χ3n) is 36.8. The number of furan rings is 1. The molecular weight excluding hydrogens is 1680 g/mol. The van der Waals surface area contributed by atoms with E-state index in [1.54, 1.807) is 33.4 Å². The highest BCUT2D eigenvalue weighted by Gasteiger charge is 2.65. The molecule has 5 heteroatoms. The summed E-state index contributed by atoms with van der Waals surface area (Å²) in [7, 11) is 0. The first-order chi connectivity index (χ1) is 67.7. The molecule has 18 aromatic carbocycles. The van der Waals surface area contributed by atoms with Crippen molar-refractivity contribution in [3.05, 3.63) is 428 Å². The number of nitrogens with zero attached hydrogens (tertiary/aromatic N) is 3. The van der Waals surface area contributed by atoms with Gasteiger partial charge in [0.1, 0.15) is 11.2 Å². The molecule has 0 saturated heterocycles. The number of hydrogen-bond acceptors (Lipinski definition) is 5. The van der Waals surface area contributed by atoms with Gasteiger partial charge in [-0.25, -0.2) is 0 Å². The molecule has 0 N–H and O–H groups in total. The summed E-state index contributed by atoms with van der Waals surface area (Å²) < 4.78 is 8.96.